The predicted molar refractivity (Wildman–Crippen MR) is 53.3 cm³/mol. The van der Waals surface area contributed by atoms with Gasteiger partial charge < -0.3 is 0 Å². The van der Waals surface area contributed by atoms with Crippen molar-refractivity contribution in [3.63, 3.8) is 0 Å². The Morgan fingerprint density at radius 1 is 1.62 bits per heavy atom. The number of aromatic nitrogens is 1. The van der Waals surface area contributed by atoms with E-state index in [0.29, 0.717) is 32.7 Å². The van der Waals surface area contributed by atoms with E-state index >= 15 is 0 Å². The fraction of sp³-hybridized carbons (Fsp3) is 0.400. The Labute approximate surface area is 109 Å². The van der Waals surface area contributed by atoms with Gasteiger partial charge in [-0.3, -0.25) is 0 Å². The van der Waals surface area contributed by atoms with Gasteiger partial charge in [0.05, 0.1) is 0 Å². The van der Waals surface area contributed by atoms with Crippen LogP contribution in [0.4, 0.5) is 0 Å². The molecule has 16 heavy (non-hydrogen) atoms. The zero-order chi connectivity index (χ0) is 12.1. The van der Waals surface area contributed by atoms with E-state index < -0.39 is 5.97 Å². The molecule has 1 aromatic rings. The molecule has 0 aliphatic rings. The van der Waals surface area contributed by atoms with E-state index in [1.807, 2.05) is 0 Å². The summed E-state index contributed by atoms with van der Waals surface area (Å²) in [5.74, 6) is -1.03. The standard InChI is InChI=1S/C10H12NO4.Hg/c1-7(15-2)5-11-6-8(10(13)14)3-4-9(11)12;/h3-4,6-7H,1,5H2,2H3,(H,13,14);. The topological polar surface area (TPSA) is 68.5 Å². The van der Waals surface area contributed by atoms with Crippen LogP contribution in [-0.4, -0.2) is 28.9 Å². The number of pyridine rings is 1. The molecular weight excluding hydrogens is 399 g/mol. The number of hydrogen-bond donors (Lipinski definition) is 1. The Morgan fingerprint density at radius 2 is 2.31 bits per heavy atom. The number of carbonyl (C=O) groups is 1. The summed E-state index contributed by atoms with van der Waals surface area (Å²) in [5.41, 5.74) is -0.0819. The van der Waals surface area contributed by atoms with Gasteiger partial charge >= 0.3 is 109 Å². The van der Waals surface area contributed by atoms with Crippen LogP contribution in [0, 0.1) is 0 Å². The van der Waals surface area contributed by atoms with Gasteiger partial charge in [-0.1, -0.05) is 0 Å². The maximum atomic E-state index is 11.5. The van der Waals surface area contributed by atoms with Crippen molar-refractivity contribution in [1.29, 1.82) is 0 Å². The molecule has 0 saturated heterocycles. The summed E-state index contributed by atoms with van der Waals surface area (Å²) in [5, 5.41) is 8.81. The number of methoxy groups -OCH3 is 1. The third-order valence-corrected chi connectivity index (χ3v) is 4.79. The number of rotatable bonds is 5. The summed E-state index contributed by atoms with van der Waals surface area (Å²) in [6.45, 7) is 0.417. The summed E-state index contributed by atoms with van der Waals surface area (Å²) in [6.07, 6.45) is 1.37. The summed E-state index contributed by atoms with van der Waals surface area (Å²) in [7, 11) is 1.60. The number of carboxylic acid groups (broad SMARTS) is 1. The quantitative estimate of drug-likeness (QED) is 0.719. The van der Waals surface area contributed by atoms with E-state index in [9.17, 15) is 9.59 Å². The van der Waals surface area contributed by atoms with Crippen LogP contribution in [0.2, 0.25) is 3.93 Å². The molecule has 0 aromatic carbocycles. The van der Waals surface area contributed by atoms with Crippen LogP contribution in [-0.2, 0) is 37.4 Å². The van der Waals surface area contributed by atoms with Gasteiger partial charge in [-0.2, -0.15) is 0 Å². The third kappa shape index (κ3) is 3.42. The Bertz CT molecular complexity index is 425. The van der Waals surface area contributed by atoms with Crippen LogP contribution in [0.3, 0.4) is 0 Å². The molecule has 0 radical (unpaired) electrons. The molecule has 1 N–H and O–H groups in total. The molecule has 0 fully saturated rings. The van der Waals surface area contributed by atoms with E-state index in [2.05, 4.69) is 0 Å². The minimum atomic E-state index is -1.03. The second-order valence-corrected chi connectivity index (χ2v) is 5.60. The second kappa shape index (κ2) is 6.15. The summed E-state index contributed by atoms with van der Waals surface area (Å²) < 4.78 is 7.55. The van der Waals surface area contributed by atoms with E-state index in [-0.39, 0.29) is 17.2 Å². The molecule has 83 valence electrons. The van der Waals surface area contributed by atoms with Crippen LogP contribution in [0.15, 0.2) is 23.1 Å². The van der Waals surface area contributed by atoms with Crippen LogP contribution in [0.1, 0.15) is 10.4 Å². The minimum absolute atomic E-state index is 0.00470. The van der Waals surface area contributed by atoms with E-state index in [4.69, 9.17) is 9.84 Å². The summed E-state index contributed by atoms with van der Waals surface area (Å²) in [4.78, 5) is 22.2. The van der Waals surface area contributed by atoms with Crippen molar-refractivity contribution in [2.75, 3.05) is 7.11 Å². The SMILES string of the molecule is COC([CH2][Hg])Cn1cc(C(=O)O)ccc1=O. The van der Waals surface area contributed by atoms with E-state index in [1.54, 1.807) is 7.11 Å². The van der Waals surface area contributed by atoms with Gasteiger partial charge in [0.2, 0.25) is 0 Å². The van der Waals surface area contributed by atoms with Crippen molar-refractivity contribution < 1.29 is 40.8 Å². The van der Waals surface area contributed by atoms with Crippen molar-refractivity contribution in [3.05, 3.63) is 34.2 Å². The molecule has 0 aliphatic carbocycles. The molecule has 1 rings (SSSR count). The Morgan fingerprint density at radius 3 is 2.81 bits per heavy atom. The van der Waals surface area contributed by atoms with Crippen LogP contribution in [0.5, 0.6) is 0 Å². The van der Waals surface area contributed by atoms with Crippen LogP contribution < -0.4 is 5.56 Å². The average Bonchev–Trinajstić information content (AvgIpc) is 2.27. The van der Waals surface area contributed by atoms with Crippen molar-refractivity contribution >= 4 is 5.97 Å². The monoisotopic (exact) mass is 412 g/mol. The van der Waals surface area contributed by atoms with Crippen LogP contribution in [0.25, 0.3) is 0 Å². The fourth-order valence-electron chi connectivity index (χ4n) is 1.30. The Kier molecular flexibility index (Phi) is 5.14. The van der Waals surface area contributed by atoms with Gasteiger partial charge in [-0.05, 0) is 0 Å². The molecule has 0 saturated carbocycles. The van der Waals surface area contributed by atoms with Gasteiger partial charge in [-0.25, -0.2) is 0 Å². The van der Waals surface area contributed by atoms with Gasteiger partial charge in [-0.15, -0.1) is 0 Å². The summed E-state index contributed by atoms with van der Waals surface area (Å²) >= 11 is 0.592. The Hall–Kier alpha value is -0.685. The zero-order valence-corrected chi connectivity index (χ0v) is 14.5. The molecule has 0 aliphatic heterocycles. The van der Waals surface area contributed by atoms with Crippen molar-refractivity contribution in [2.24, 2.45) is 0 Å². The summed E-state index contributed by atoms with van der Waals surface area (Å²) in [6, 6.07) is 2.58. The van der Waals surface area contributed by atoms with Crippen molar-refractivity contribution in [2.45, 2.75) is 16.6 Å². The molecule has 0 amide bonds. The van der Waals surface area contributed by atoms with Gasteiger partial charge in [0.25, 0.3) is 0 Å². The molecule has 1 heterocycles. The van der Waals surface area contributed by atoms with Crippen molar-refractivity contribution in [1.82, 2.24) is 4.57 Å². The number of ether oxygens (including phenoxy) is 1. The van der Waals surface area contributed by atoms with Gasteiger partial charge in [0.1, 0.15) is 0 Å². The molecule has 6 heteroatoms. The molecule has 0 bridgehead atoms. The van der Waals surface area contributed by atoms with E-state index in [1.165, 1.54) is 22.9 Å². The first-order valence-corrected chi connectivity index (χ1v) is 8.73. The first-order valence-electron chi connectivity index (χ1n) is 4.84. The van der Waals surface area contributed by atoms with Gasteiger partial charge in [0.15, 0.2) is 0 Å². The van der Waals surface area contributed by atoms with E-state index in [0.717, 1.165) is 3.93 Å². The molecule has 1 aromatic heterocycles. The number of carboxylic acids is 1. The fourth-order valence-corrected chi connectivity index (χ4v) is 2.93. The zero-order valence-electron chi connectivity index (χ0n) is 9.05. The molecule has 5 nitrogen and oxygen atoms in total. The maximum absolute atomic E-state index is 11.5. The van der Waals surface area contributed by atoms with Gasteiger partial charge in [0, 0.05) is 0 Å². The predicted octanol–water partition coefficient (Wildman–Crippen LogP) is 0.527. The molecule has 0 spiro atoms. The molecule has 1 unspecified atom stereocenters. The average molecular weight is 411 g/mol. The first-order chi connectivity index (χ1) is 7.58. The molecular formula is C10H12HgNO4. The second-order valence-electron chi connectivity index (χ2n) is 3.36. The van der Waals surface area contributed by atoms with Crippen molar-refractivity contribution in [3.8, 4) is 0 Å². The number of aromatic carboxylic acids is 1. The normalized spacial score (nSPS) is 12.4. The first kappa shape index (κ1) is 13.4. The number of hydrogen-bond acceptors (Lipinski definition) is 3. The Balaban J connectivity index is 2.98. The number of nitrogens with zero attached hydrogens (tertiary/aromatic N) is 1. The molecule has 1 atom stereocenters. The van der Waals surface area contributed by atoms with Crippen LogP contribution >= 0.6 is 0 Å². The third-order valence-electron chi connectivity index (χ3n) is 2.29.